The number of rotatable bonds is 7. The van der Waals surface area contributed by atoms with Gasteiger partial charge < -0.3 is 18.8 Å². The van der Waals surface area contributed by atoms with E-state index in [0.717, 1.165) is 30.8 Å². The van der Waals surface area contributed by atoms with Crippen molar-refractivity contribution >= 4 is 28.5 Å². The average molecular weight is 483 g/mol. The maximum atomic E-state index is 13.6. The first-order valence-electron chi connectivity index (χ1n) is 11.7. The van der Waals surface area contributed by atoms with Gasteiger partial charge in [-0.2, -0.15) is 0 Å². The SMILES string of the molecule is CCCOc1ccc(C2c3c(oc4ccc(Cl)cc4c3=O)C(=O)N2CCN2CCOCC2)cc1. The van der Waals surface area contributed by atoms with E-state index in [4.69, 9.17) is 25.5 Å². The second-order valence-corrected chi connectivity index (χ2v) is 9.02. The van der Waals surface area contributed by atoms with Gasteiger partial charge in [-0.05, 0) is 42.3 Å². The van der Waals surface area contributed by atoms with Crippen molar-refractivity contribution in [2.45, 2.75) is 19.4 Å². The van der Waals surface area contributed by atoms with Crippen molar-refractivity contribution in [3.63, 3.8) is 0 Å². The molecule has 0 radical (unpaired) electrons. The number of carbonyl (C=O) groups is 1. The molecule has 3 heterocycles. The molecule has 0 aliphatic carbocycles. The number of ether oxygens (including phenoxy) is 2. The van der Waals surface area contributed by atoms with Crippen molar-refractivity contribution in [3.8, 4) is 5.75 Å². The summed E-state index contributed by atoms with van der Waals surface area (Å²) in [5.74, 6) is 0.596. The molecule has 0 N–H and O–H groups in total. The highest BCUT2D eigenvalue weighted by atomic mass is 35.5. The lowest BCUT2D eigenvalue weighted by Gasteiger charge is -2.31. The summed E-state index contributed by atoms with van der Waals surface area (Å²) in [5, 5.41) is 0.823. The third kappa shape index (κ3) is 4.31. The van der Waals surface area contributed by atoms with Crippen molar-refractivity contribution in [2.24, 2.45) is 0 Å². The van der Waals surface area contributed by atoms with Crippen molar-refractivity contribution < 1.29 is 18.7 Å². The van der Waals surface area contributed by atoms with Gasteiger partial charge in [-0.25, -0.2) is 0 Å². The molecule has 1 aromatic heterocycles. The molecule has 0 spiro atoms. The van der Waals surface area contributed by atoms with Crippen LogP contribution in [0.15, 0.2) is 51.7 Å². The summed E-state index contributed by atoms with van der Waals surface area (Å²) in [6.07, 6.45) is 0.915. The van der Waals surface area contributed by atoms with Crippen LogP contribution in [0.2, 0.25) is 5.02 Å². The molecule has 1 amide bonds. The van der Waals surface area contributed by atoms with Crippen LogP contribution < -0.4 is 10.2 Å². The Balaban J connectivity index is 1.55. The van der Waals surface area contributed by atoms with E-state index in [2.05, 4.69) is 11.8 Å². The topological polar surface area (TPSA) is 72.2 Å². The highest BCUT2D eigenvalue weighted by Gasteiger charge is 2.42. The lowest BCUT2D eigenvalue weighted by atomic mass is 9.98. The second kappa shape index (κ2) is 9.78. The van der Waals surface area contributed by atoms with Gasteiger partial charge in [0, 0.05) is 31.2 Å². The lowest BCUT2D eigenvalue weighted by molar-refractivity contribution is 0.0314. The van der Waals surface area contributed by atoms with E-state index in [1.54, 1.807) is 23.1 Å². The number of amides is 1. The number of benzene rings is 2. The molecule has 1 saturated heterocycles. The van der Waals surface area contributed by atoms with Gasteiger partial charge in [-0.3, -0.25) is 14.5 Å². The molecule has 178 valence electrons. The van der Waals surface area contributed by atoms with Crippen LogP contribution in [0.5, 0.6) is 5.75 Å². The van der Waals surface area contributed by atoms with E-state index in [0.29, 0.717) is 54.5 Å². The number of hydrogen-bond acceptors (Lipinski definition) is 6. The lowest BCUT2D eigenvalue weighted by Crippen LogP contribution is -2.42. The molecule has 0 bridgehead atoms. The Morgan fingerprint density at radius 1 is 1.06 bits per heavy atom. The Labute approximate surface area is 202 Å². The molecule has 1 unspecified atom stereocenters. The first-order chi connectivity index (χ1) is 16.6. The van der Waals surface area contributed by atoms with E-state index in [9.17, 15) is 9.59 Å². The van der Waals surface area contributed by atoms with Crippen LogP contribution in [0.3, 0.4) is 0 Å². The molecular formula is C26H27ClN2O5. The summed E-state index contributed by atoms with van der Waals surface area (Å²) in [4.78, 5) is 31.1. The fraction of sp³-hybridized carbons (Fsp3) is 0.385. The molecule has 2 aromatic carbocycles. The minimum Gasteiger partial charge on any atom is -0.494 e. The van der Waals surface area contributed by atoms with Gasteiger partial charge in [0.25, 0.3) is 5.91 Å². The van der Waals surface area contributed by atoms with E-state index < -0.39 is 6.04 Å². The van der Waals surface area contributed by atoms with Gasteiger partial charge in [0.2, 0.25) is 5.76 Å². The van der Waals surface area contributed by atoms with Gasteiger partial charge in [-0.1, -0.05) is 30.7 Å². The Bertz CT molecular complexity index is 1250. The van der Waals surface area contributed by atoms with Crippen molar-refractivity contribution in [2.75, 3.05) is 46.0 Å². The minimum atomic E-state index is -0.539. The normalized spacial score (nSPS) is 18.5. The Morgan fingerprint density at radius 2 is 1.82 bits per heavy atom. The van der Waals surface area contributed by atoms with E-state index in [1.165, 1.54) is 0 Å². The Morgan fingerprint density at radius 3 is 2.56 bits per heavy atom. The maximum absolute atomic E-state index is 13.6. The highest BCUT2D eigenvalue weighted by Crippen LogP contribution is 2.38. The van der Waals surface area contributed by atoms with Crippen LogP contribution in [0.4, 0.5) is 0 Å². The predicted octanol–water partition coefficient (Wildman–Crippen LogP) is 4.11. The molecule has 5 rings (SSSR count). The monoisotopic (exact) mass is 482 g/mol. The summed E-state index contributed by atoms with van der Waals surface area (Å²) in [6.45, 7) is 6.86. The molecule has 0 saturated carbocycles. The predicted molar refractivity (Wildman–Crippen MR) is 130 cm³/mol. The quantitative estimate of drug-likeness (QED) is 0.504. The molecule has 2 aliphatic rings. The van der Waals surface area contributed by atoms with Gasteiger partial charge in [0.15, 0.2) is 5.43 Å². The zero-order valence-electron chi connectivity index (χ0n) is 19.1. The van der Waals surface area contributed by atoms with Gasteiger partial charge in [0.05, 0.1) is 36.8 Å². The molecule has 3 aromatic rings. The molecule has 2 aliphatic heterocycles. The van der Waals surface area contributed by atoms with Crippen LogP contribution >= 0.6 is 11.6 Å². The van der Waals surface area contributed by atoms with Crippen molar-refractivity contribution in [1.29, 1.82) is 0 Å². The van der Waals surface area contributed by atoms with Crippen molar-refractivity contribution in [3.05, 3.63) is 74.6 Å². The number of nitrogens with zero attached hydrogens (tertiary/aromatic N) is 2. The fourth-order valence-corrected chi connectivity index (χ4v) is 4.78. The summed E-state index contributed by atoms with van der Waals surface area (Å²) in [5.41, 5.74) is 1.34. The van der Waals surface area contributed by atoms with Crippen LogP contribution in [-0.2, 0) is 4.74 Å². The molecule has 8 heteroatoms. The minimum absolute atomic E-state index is 0.109. The summed E-state index contributed by atoms with van der Waals surface area (Å²) < 4.78 is 17.2. The largest absolute Gasteiger partial charge is 0.494 e. The average Bonchev–Trinajstić information content (AvgIpc) is 3.14. The van der Waals surface area contributed by atoms with E-state index in [-0.39, 0.29) is 17.1 Å². The van der Waals surface area contributed by atoms with Gasteiger partial charge in [-0.15, -0.1) is 0 Å². The maximum Gasteiger partial charge on any atom is 0.290 e. The Kier molecular flexibility index (Phi) is 6.59. The highest BCUT2D eigenvalue weighted by molar-refractivity contribution is 6.31. The summed E-state index contributed by atoms with van der Waals surface area (Å²) in [6, 6.07) is 12.0. The molecule has 7 nitrogen and oxygen atoms in total. The molecule has 34 heavy (non-hydrogen) atoms. The van der Waals surface area contributed by atoms with Crippen LogP contribution in [0, 0.1) is 0 Å². The number of carbonyl (C=O) groups excluding carboxylic acids is 1. The summed E-state index contributed by atoms with van der Waals surface area (Å²) in [7, 11) is 0. The smallest absolute Gasteiger partial charge is 0.290 e. The van der Waals surface area contributed by atoms with Gasteiger partial charge >= 0.3 is 0 Å². The zero-order valence-corrected chi connectivity index (χ0v) is 19.8. The summed E-state index contributed by atoms with van der Waals surface area (Å²) >= 11 is 6.16. The van der Waals surface area contributed by atoms with Crippen LogP contribution in [-0.4, -0.2) is 61.7 Å². The number of hydrogen-bond donors (Lipinski definition) is 0. The first-order valence-corrected chi connectivity index (χ1v) is 12.0. The second-order valence-electron chi connectivity index (χ2n) is 8.59. The zero-order chi connectivity index (χ0) is 23.7. The number of fused-ring (bicyclic) bond motifs is 2. The first kappa shape index (κ1) is 22.9. The van der Waals surface area contributed by atoms with Crippen molar-refractivity contribution in [1.82, 2.24) is 9.80 Å². The van der Waals surface area contributed by atoms with E-state index in [1.807, 2.05) is 24.3 Å². The molecule has 1 atom stereocenters. The third-order valence-corrected chi connectivity index (χ3v) is 6.59. The fourth-order valence-electron chi connectivity index (χ4n) is 4.61. The standard InChI is InChI=1S/C26H27ClN2O5/c1-2-13-33-19-6-3-17(4-7-19)23-22-24(30)20-16-18(27)5-8-21(20)34-25(22)26(31)29(23)10-9-28-11-14-32-15-12-28/h3-8,16,23H,2,9-15H2,1H3. The Hall–Kier alpha value is -2.87. The van der Waals surface area contributed by atoms with Gasteiger partial charge in [0.1, 0.15) is 11.3 Å². The van der Waals surface area contributed by atoms with Crippen LogP contribution in [0.25, 0.3) is 11.0 Å². The molecule has 1 fully saturated rings. The number of morpholine rings is 1. The number of halogens is 1. The van der Waals surface area contributed by atoms with Crippen LogP contribution in [0.1, 0.15) is 41.1 Å². The third-order valence-electron chi connectivity index (χ3n) is 6.36. The molecular weight excluding hydrogens is 456 g/mol. The van der Waals surface area contributed by atoms with E-state index >= 15 is 0 Å².